The number of carbonyl (C=O) groups excluding carboxylic acids is 2. The maximum atomic E-state index is 13.3. The Morgan fingerprint density at radius 1 is 1.12 bits per heavy atom. The summed E-state index contributed by atoms with van der Waals surface area (Å²) in [6.07, 6.45) is 0.0566. The molecule has 0 unspecified atom stereocenters. The van der Waals surface area contributed by atoms with E-state index in [1.807, 2.05) is 0 Å². The van der Waals surface area contributed by atoms with E-state index in [1.165, 1.54) is 17.0 Å². The third-order valence-electron chi connectivity index (χ3n) is 5.42. The summed E-state index contributed by atoms with van der Waals surface area (Å²) in [7, 11) is 0. The number of aromatic nitrogens is 1. The number of thiazole rings is 1. The van der Waals surface area contributed by atoms with Crippen molar-refractivity contribution >= 4 is 28.8 Å². The van der Waals surface area contributed by atoms with Gasteiger partial charge in [-0.25, -0.2) is 9.37 Å². The van der Waals surface area contributed by atoms with Gasteiger partial charge in [-0.1, -0.05) is 20.8 Å². The molecule has 1 aromatic carbocycles. The summed E-state index contributed by atoms with van der Waals surface area (Å²) in [6.45, 7) is 11.0. The molecule has 1 saturated heterocycles. The Morgan fingerprint density at radius 2 is 1.75 bits per heavy atom. The van der Waals surface area contributed by atoms with Crippen molar-refractivity contribution in [1.29, 1.82) is 0 Å². The molecule has 2 aromatic rings. The number of rotatable bonds is 8. The quantitative estimate of drug-likeness (QED) is 0.654. The van der Waals surface area contributed by atoms with Gasteiger partial charge in [0.05, 0.1) is 17.2 Å². The molecule has 0 radical (unpaired) electrons. The first-order valence-electron chi connectivity index (χ1n) is 10.9. The first kappa shape index (κ1) is 24.3. The van der Waals surface area contributed by atoms with Crippen molar-refractivity contribution in [3.8, 4) is 0 Å². The van der Waals surface area contributed by atoms with Crippen LogP contribution in [0.1, 0.15) is 37.9 Å². The minimum Gasteiger partial charge on any atom is -0.370 e. The minimum atomic E-state index is -0.477. The molecule has 7 nitrogen and oxygen atoms in total. The second kappa shape index (κ2) is 10.5. The number of nitrogens with zero attached hydrogens (tertiary/aromatic N) is 4. The zero-order valence-corrected chi connectivity index (χ0v) is 19.8. The molecule has 174 valence electrons. The maximum Gasteiger partial charge on any atom is 0.241 e. The first-order valence-corrected chi connectivity index (χ1v) is 11.7. The van der Waals surface area contributed by atoms with Gasteiger partial charge in [0.1, 0.15) is 5.82 Å². The van der Waals surface area contributed by atoms with Crippen molar-refractivity contribution in [3.05, 3.63) is 46.2 Å². The number of nitrogens with two attached hydrogens (primary N) is 1. The highest BCUT2D eigenvalue weighted by atomic mass is 32.1. The summed E-state index contributed by atoms with van der Waals surface area (Å²) in [5.74, 6) is -0.974. The lowest BCUT2D eigenvalue weighted by Gasteiger charge is -2.35. The molecule has 0 saturated carbocycles. The van der Waals surface area contributed by atoms with E-state index in [0.717, 1.165) is 43.4 Å². The largest absolute Gasteiger partial charge is 0.370 e. The predicted molar refractivity (Wildman–Crippen MR) is 125 cm³/mol. The molecule has 3 rings (SSSR count). The van der Waals surface area contributed by atoms with Crippen molar-refractivity contribution in [2.45, 2.75) is 39.2 Å². The Kier molecular flexibility index (Phi) is 7.97. The minimum absolute atomic E-state index is 0.0566. The maximum absolute atomic E-state index is 13.3. The van der Waals surface area contributed by atoms with E-state index in [0.29, 0.717) is 5.69 Å². The number of amides is 2. The van der Waals surface area contributed by atoms with Gasteiger partial charge in [0.25, 0.3) is 0 Å². The number of anilines is 1. The summed E-state index contributed by atoms with van der Waals surface area (Å²) in [4.78, 5) is 35.0. The van der Waals surface area contributed by atoms with E-state index in [2.05, 4.69) is 36.0 Å². The van der Waals surface area contributed by atoms with Gasteiger partial charge >= 0.3 is 0 Å². The van der Waals surface area contributed by atoms with Crippen LogP contribution in [0, 0.1) is 5.82 Å². The van der Waals surface area contributed by atoms with Crippen LogP contribution in [0.25, 0.3) is 0 Å². The van der Waals surface area contributed by atoms with Gasteiger partial charge in [0.2, 0.25) is 11.8 Å². The van der Waals surface area contributed by atoms with E-state index < -0.39 is 5.91 Å². The smallest absolute Gasteiger partial charge is 0.241 e. The van der Waals surface area contributed by atoms with E-state index in [-0.39, 0.29) is 36.6 Å². The average Bonchev–Trinajstić information content (AvgIpc) is 3.20. The summed E-state index contributed by atoms with van der Waals surface area (Å²) in [6, 6.07) is 5.71. The molecule has 1 fully saturated rings. The summed E-state index contributed by atoms with van der Waals surface area (Å²) >= 11 is 1.71. The van der Waals surface area contributed by atoms with Gasteiger partial charge in [0, 0.05) is 62.2 Å². The highest BCUT2D eigenvalue weighted by Crippen LogP contribution is 2.26. The molecule has 1 aliphatic heterocycles. The Labute approximate surface area is 193 Å². The normalized spacial score (nSPS) is 15.6. The summed E-state index contributed by atoms with van der Waals surface area (Å²) < 4.78 is 13.3. The summed E-state index contributed by atoms with van der Waals surface area (Å²) in [5.41, 5.74) is 7.00. The topological polar surface area (TPSA) is 82.8 Å². The number of carbonyl (C=O) groups is 2. The number of piperazine rings is 1. The Balaban J connectivity index is 1.54. The Morgan fingerprint density at radius 3 is 2.31 bits per heavy atom. The molecule has 2 amide bonds. The average molecular weight is 462 g/mol. The molecular formula is C23H32FN5O2S. The van der Waals surface area contributed by atoms with Crippen molar-refractivity contribution in [1.82, 2.24) is 14.8 Å². The molecule has 0 aliphatic carbocycles. The monoisotopic (exact) mass is 461 g/mol. The number of hydrogen-bond donors (Lipinski definition) is 1. The summed E-state index contributed by atoms with van der Waals surface area (Å²) in [5, 5.41) is 3.28. The number of primary amides is 1. The molecule has 0 bridgehead atoms. The molecule has 32 heavy (non-hydrogen) atoms. The van der Waals surface area contributed by atoms with Gasteiger partial charge in [-0.3, -0.25) is 19.4 Å². The second-order valence-corrected chi connectivity index (χ2v) is 10.0. The van der Waals surface area contributed by atoms with Crippen molar-refractivity contribution in [2.75, 3.05) is 44.2 Å². The molecule has 0 atom stereocenters. The molecule has 9 heteroatoms. The van der Waals surface area contributed by atoms with Crippen LogP contribution in [-0.2, 0) is 21.5 Å². The van der Waals surface area contributed by atoms with Crippen molar-refractivity contribution in [3.63, 3.8) is 0 Å². The zero-order chi connectivity index (χ0) is 23.3. The Bertz CT molecular complexity index is 917. The second-order valence-electron chi connectivity index (χ2n) is 9.18. The lowest BCUT2D eigenvalue weighted by molar-refractivity contribution is -0.120. The van der Waals surface area contributed by atoms with E-state index >= 15 is 0 Å². The molecule has 2 heterocycles. The van der Waals surface area contributed by atoms with Crippen molar-refractivity contribution < 1.29 is 14.0 Å². The number of benzene rings is 1. The third kappa shape index (κ3) is 6.82. The number of hydrogen-bond acceptors (Lipinski definition) is 6. The van der Waals surface area contributed by atoms with Crippen LogP contribution in [0.2, 0.25) is 0 Å². The lowest BCUT2D eigenvalue weighted by atomic mass is 9.98. The number of halogens is 1. The fourth-order valence-electron chi connectivity index (χ4n) is 3.58. The van der Waals surface area contributed by atoms with E-state index in [4.69, 9.17) is 10.7 Å². The standard InChI is InChI=1S/C23H32FN5O2S/c1-23(2,3)22-26-18(16-32-22)14-27-10-12-28(13-11-27)15-21(31)29(9-8-20(25)30)19-6-4-17(24)5-7-19/h4-7,16H,8-15H2,1-3H3,(H2,25,30). The lowest BCUT2D eigenvalue weighted by Crippen LogP contribution is -2.50. The molecule has 1 aliphatic rings. The van der Waals surface area contributed by atoms with Crippen molar-refractivity contribution in [2.24, 2.45) is 5.73 Å². The van der Waals surface area contributed by atoms with Crippen LogP contribution in [0.5, 0.6) is 0 Å². The van der Waals surface area contributed by atoms with Crippen LogP contribution in [0.4, 0.5) is 10.1 Å². The van der Waals surface area contributed by atoms with Crippen LogP contribution in [0.15, 0.2) is 29.6 Å². The zero-order valence-electron chi connectivity index (χ0n) is 19.0. The fraction of sp³-hybridized carbons (Fsp3) is 0.522. The Hall–Kier alpha value is -2.36. The first-order chi connectivity index (χ1) is 15.1. The van der Waals surface area contributed by atoms with Crippen LogP contribution >= 0.6 is 11.3 Å². The van der Waals surface area contributed by atoms with Crippen LogP contribution < -0.4 is 10.6 Å². The van der Waals surface area contributed by atoms with Crippen LogP contribution in [0.3, 0.4) is 0 Å². The fourth-order valence-corrected chi connectivity index (χ4v) is 4.47. The highest BCUT2D eigenvalue weighted by molar-refractivity contribution is 7.09. The van der Waals surface area contributed by atoms with Gasteiger partial charge in [-0.05, 0) is 24.3 Å². The van der Waals surface area contributed by atoms with Crippen LogP contribution in [-0.4, -0.2) is 65.9 Å². The highest BCUT2D eigenvalue weighted by Gasteiger charge is 2.24. The molecule has 2 N–H and O–H groups in total. The molecule has 0 spiro atoms. The van der Waals surface area contributed by atoms with E-state index in [9.17, 15) is 14.0 Å². The van der Waals surface area contributed by atoms with Gasteiger partial charge in [-0.15, -0.1) is 11.3 Å². The SMILES string of the molecule is CC(C)(C)c1nc(CN2CCN(CC(=O)N(CCC(N)=O)c3ccc(F)cc3)CC2)cs1. The van der Waals surface area contributed by atoms with Gasteiger partial charge in [-0.2, -0.15) is 0 Å². The van der Waals surface area contributed by atoms with Gasteiger partial charge in [0.15, 0.2) is 0 Å². The third-order valence-corrected chi connectivity index (χ3v) is 6.74. The predicted octanol–water partition coefficient (Wildman–Crippen LogP) is 2.61. The van der Waals surface area contributed by atoms with Gasteiger partial charge < -0.3 is 10.6 Å². The molecule has 1 aromatic heterocycles. The van der Waals surface area contributed by atoms with E-state index in [1.54, 1.807) is 23.5 Å². The molecular weight excluding hydrogens is 429 g/mol.